The third-order valence-corrected chi connectivity index (χ3v) is 3.45. The van der Waals surface area contributed by atoms with Gasteiger partial charge in [-0.05, 0) is 38.6 Å². The lowest BCUT2D eigenvalue weighted by molar-refractivity contribution is -0.121. The lowest BCUT2D eigenvalue weighted by atomic mass is 9.97. The average molecular weight is 261 g/mol. The van der Waals surface area contributed by atoms with Crippen molar-refractivity contribution in [1.82, 2.24) is 4.90 Å². The van der Waals surface area contributed by atoms with Gasteiger partial charge in [0.05, 0.1) is 17.2 Å². The number of benzene rings is 1. The van der Waals surface area contributed by atoms with Crippen molar-refractivity contribution in [2.24, 2.45) is 11.7 Å². The summed E-state index contributed by atoms with van der Waals surface area (Å²) in [5, 5.41) is 2.82. The van der Waals surface area contributed by atoms with E-state index in [-0.39, 0.29) is 11.8 Å². The van der Waals surface area contributed by atoms with Gasteiger partial charge in [-0.2, -0.15) is 0 Å². The summed E-state index contributed by atoms with van der Waals surface area (Å²) in [6.07, 6.45) is 1.90. The molecule has 1 aromatic carbocycles. The zero-order valence-electron chi connectivity index (χ0n) is 11.1. The fourth-order valence-corrected chi connectivity index (χ4v) is 2.42. The van der Waals surface area contributed by atoms with E-state index in [9.17, 15) is 9.59 Å². The van der Waals surface area contributed by atoms with E-state index in [4.69, 9.17) is 5.73 Å². The highest BCUT2D eigenvalue weighted by Gasteiger charge is 2.24. The Morgan fingerprint density at radius 3 is 2.79 bits per heavy atom. The Labute approximate surface area is 112 Å². The minimum absolute atomic E-state index is 0.0281. The van der Waals surface area contributed by atoms with Gasteiger partial charge in [0, 0.05) is 6.54 Å². The number of amides is 2. The Hall–Kier alpha value is -1.88. The largest absolute Gasteiger partial charge is 0.366 e. The molecule has 0 radical (unpaired) electrons. The number of piperidine rings is 1. The summed E-state index contributed by atoms with van der Waals surface area (Å²) in [5.41, 5.74) is 6.13. The topological polar surface area (TPSA) is 75.4 Å². The second-order valence-corrected chi connectivity index (χ2v) is 5.00. The first-order valence-electron chi connectivity index (χ1n) is 6.46. The van der Waals surface area contributed by atoms with Gasteiger partial charge in [0.2, 0.25) is 5.91 Å². The van der Waals surface area contributed by atoms with Gasteiger partial charge in [0.15, 0.2) is 0 Å². The number of primary amides is 1. The fraction of sp³-hybridized carbons (Fsp3) is 0.429. The highest BCUT2D eigenvalue weighted by molar-refractivity contribution is 6.03. The van der Waals surface area contributed by atoms with Crippen LogP contribution in [0.3, 0.4) is 0 Å². The third-order valence-electron chi connectivity index (χ3n) is 3.45. The number of rotatable bonds is 3. The van der Waals surface area contributed by atoms with E-state index < -0.39 is 5.91 Å². The minimum atomic E-state index is -0.531. The number of nitrogens with one attached hydrogen (secondary N) is 1. The lowest BCUT2D eigenvalue weighted by Crippen LogP contribution is -2.38. The van der Waals surface area contributed by atoms with Gasteiger partial charge in [-0.3, -0.25) is 9.59 Å². The molecule has 1 saturated heterocycles. The number of hydrogen-bond acceptors (Lipinski definition) is 3. The molecule has 0 unspecified atom stereocenters. The number of carbonyl (C=O) groups is 2. The molecule has 0 aliphatic carbocycles. The van der Waals surface area contributed by atoms with Gasteiger partial charge in [0.1, 0.15) is 0 Å². The smallest absolute Gasteiger partial charge is 0.250 e. The molecule has 5 nitrogen and oxygen atoms in total. The summed E-state index contributed by atoms with van der Waals surface area (Å²) in [4.78, 5) is 25.6. The molecule has 0 spiro atoms. The molecule has 19 heavy (non-hydrogen) atoms. The van der Waals surface area contributed by atoms with Gasteiger partial charge < -0.3 is 16.0 Å². The van der Waals surface area contributed by atoms with Gasteiger partial charge in [0.25, 0.3) is 5.91 Å². The third kappa shape index (κ3) is 3.32. The maximum absolute atomic E-state index is 12.2. The van der Waals surface area contributed by atoms with Crippen LogP contribution in [-0.2, 0) is 4.79 Å². The molecule has 0 bridgehead atoms. The number of anilines is 1. The predicted octanol–water partition coefficient (Wildman–Crippen LogP) is 1.07. The predicted molar refractivity (Wildman–Crippen MR) is 73.8 cm³/mol. The first kappa shape index (κ1) is 13.5. The molecule has 2 rings (SSSR count). The van der Waals surface area contributed by atoms with E-state index in [2.05, 4.69) is 10.2 Å². The van der Waals surface area contributed by atoms with Crippen molar-refractivity contribution in [2.45, 2.75) is 12.8 Å². The molecule has 0 aromatic heterocycles. The van der Waals surface area contributed by atoms with Crippen LogP contribution in [0.2, 0.25) is 0 Å². The van der Waals surface area contributed by atoms with Crippen molar-refractivity contribution in [2.75, 3.05) is 25.5 Å². The van der Waals surface area contributed by atoms with Gasteiger partial charge in [-0.25, -0.2) is 0 Å². The molecule has 2 amide bonds. The Balaban J connectivity index is 2.08. The molecule has 0 saturated carbocycles. The minimum Gasteiger partial charge on any atom is -0.366 e. The molecule has 102 valence electrons. The number of likely N-dealkylation sites (tertiary alicyclic amines) is 1. The van der Waals surface area contributed by atoms with E-state index in [1.165, 1.54) is 0 Å². The Kier molecular flexibility index (Phi) is 4.16. The van der Waals surface area contributed by atoms with Crippen molar-refractivity contribution in [3.05, 3.63) is 29.8 Å². The Bertz CT molecular complexity index is 487. The van der Waals surface area contributed by atoms with Crippen LogP contribution >= 0.6 is 0 Å². The molecule has 1 heterocycles. The summed E-state index contributed by atoms with van der Waals surface area (Å²) in [5.74, 6) is -0.600. The zero-order chi connectivity index (χ0) is 13.8. The van der Waals surface area contributed by atoms with E-state index in [0.29, 0.717) is 11.3 Å². The average Bonchev–Trinajstić information content (AvgIpc) is 2.39. The number of nitrogens with zero attached hydrogens (tertiary/aromatic N) is 1. The first-order valence-corrected chi connectivity index (χ1v) is 6.46. The summed E-state index contributed by atoms with van der Waals surface area (Å²) >= 11 is 0. The van der Waals surface area contributed by atoms with E-state index >= 15 is 0 Å². The van der Waals surface area contributed by atoms with Crippen LogP contribution < -0.4 is 11.1 Å². The quantitative estimate of drug-likeness (QED) is 0.854. The molecular formula is C14H19N3O2. The SMILES string of the molecule is CN1CCC[C@@H](C(=O)Nc2ccccc2C(N)=O)C1. The second kappa shape index (κ2) is 5.84. The number of para-hydroxylation sites is 1. The summed E-state index contributed by atoms with van der Waals surface area (Å²) in [6, 6.07) is 6.81. The second-order valence-electron chi connectivity index (χ2n) is 5.00. The first-order chi connectivity index (χ1) is 9.08. The van der Waals surface area contributed by atoms with Crippen LogP contribution in [0.4, 0.5) is 5.69 Å². The van der Waals surface area contributed by atoms with Crippen molar-refractivity contribution in [3.63, 3.8) is 0 Å². The highest BCUT2D eigenvalue weighted by Crippen LogP contribution is 2.19. The van der Waals surface area contributed by atoms with Crippen molar-refractivity contribution < 1.29 is 9.59 Å². The molecule has 1 fully saturated rings. The van der Waals surface area contributed by atoms with Crippen LogP contribution in [0.25, 0.3) is 0 Å². The van der Waals surface area contributed by atoms with Crippen LogP contribution in [0.5, 0.6) is 0 Å². The van der Waals surface area contributed by atoms with Crippen molar-refractivity contribution >= 4 is 17.5 Å². The number of carbonyl (C=O) groups excluding carboxylic acids is 2. The fourth-order valence-electron chi connectivity index (χ4n) is 2.42. The number of hydrogen-bond donors (Lipinski definition) is 2. The van der Waals surface area contributed by atoms with Gasteiger partial charge in [-0.1, -0.05) is 12.1 Å². The maximum atomic E-state index is 12.2. The Morgan fingerprint density at radius 1 is 1.37 bits per heavy atom. The lowest BCUT2D eigenvalue weighted by Gasteiger charge is -2.28. The molecule has 1 aliphatic rings. The number of nitrogens with two attached hydrogens (primary N) is 1. The Morgan fingerprint density at radius 2 is 2.11 bits per heavy atom. The van der Waals surface area contributed by atoms with Gasteiger partial charge >= 0.3 is 0 Å². The van der Waals surface area contributed by atoms with E-state index in [0.717, 1.165) is 25.9 Å². The maximum Gasteiger partial charge on any atom is 0.250 e. The summed E-state index contributed by atoms with van der Waals surface area (Å²) in [6.45, 7) is 1.78. The van der Waals surface area contributed by atoms with E-state index in [1.54, 1.807) is 24.3 Å². The summed E-state index contributed by atoms with van der Waals surface area (Å²) < 4.78 is 0. The normalized spacial score (nSPS) is 19.9. The molecule has 3 N–H and O–H groups in total. The molecule has 1 aliphatic heterocycles. The van der Waals surface area contributed by atoms with Crippen LogP contribution in [0, 0.1) is 5.92 Å². The van der Waals surface area contributed by atoms with Gasteiger partial charge in [-0.15, -0.1) is 0 Å². The summed E-state index contributed by atoms with van der Waals surface area (Å²) in [7, 11) is 2.01. The monoisotopic (exact) mass is 261 g/mol. The van der Waals surface area contributed by atoms with Crippen LogP contribution in [-0.4, -0.2) is 36.9 Å². The zero-order valence-corrected chi connectivity index (χ0v) is 11.1. The van der Waals surface area contributed by atoms with Crippen molar-refractivity contribution in [1.29, 1.82) is 0 Å². The molecule has 1 atom stereocenters. The highest BCUT2D eigenvalue weighted by atomic mass is 16.2. The molecule has 1 aromatic rings. The van der Waals surface area contributed by atoms with Crippen LogP contribution in [0.15, 0.2) is 24.3 Å². The standard InChI is InChI=1S/C14H19N3O2/c1-17-8-4-5-10(9-17)14(19)16-12-7-3-2-6-11(12)13(15)18/h2-3,6-7,10H,4-5,8-9H2,1H3,(H2,15,18)(H,16,19)/t10-/m1/s1. The molecular weight excluding hydrogens is 242 g/mol. The van der Waals surface area contributed by atoms with E-state index in [1.807, 2.05) is 7.05 Å². The van der Waals surface area contributed by atoms with Crippen molar-refractivity contribution in [3.8, 4) is 0 Å². The molecule has 5 heteroatoms. The van der Waals surface area contributed by atoms with Crippen LogP contribution in [0.1, 0.15) is 23.2 Å².